The topological polar surface area (TPSA) is 569 Å². The quantitative estimate of drug-likeness (QED) is 0.0109. The minimum absolute atomic E-state index is 0.0350. The van der Waals surface area contributed by atoms with Crippen molar-refractivity contribution < 1.29 is 82.4 Å². The van der Waals surface area contributed by atoms with Gasteiger partial charge in [0.1, 0.15) is 62.5 Å². The maximum atomic E-state index is 14.6. The third kappa shape index (κ3) is 25.2. The fraction of sp³-hybridized carbons (Fsp3) is 0.354. The first kappa shape index (κ1) is 89.9. The summed E-state index contributed by atoms with van der Waals surface area (Å²) in [7, 11) is -2.79. The Labute approximate surface area is 690 Å². The number of allylic oxidation sites excluding steroid dienone is 2. The number of rotatable bonds is 36. The number of aliphatic carboxylic acids is 3. The molecule has 2 aromatic heterocycles. The predicted molar refractivity (Wildman–Crippen MR) is 439 cm³/mol. The van der Waals surface area contributed by atoms with Crippen LogP contribution in [0.3, 0.4) is 0 Å². The van der Waals surface area contributed by atoms with E-state index in [4.69, 9.17) is 16.9 Å². The summed E-state index contributed by atoms with van der Waals surface area (Å²) >= 11 is 0. The standard InChI is InChI=1S/C82H98N20O17Si/c1-45(2)70(96-76(114)58(32-33-65(105)106)90-74(112)46(3)88-47(4)103)81(119)95-63(39-67(109)110)80(118)92-59(73(83)111)36-55-43-101(99-97-55)41-49-24-28-53(29-25-49)71-68(51-19-12-8-13-20-51)69(52-21-14-9-15-22-52)72(120(71,5)6)54-30-26-50(27-31-54)42-102-44-56(98-100-102)37-61-78(116)91-57(23-16-34-86-82(84)85)75(113)87-40-64(104)89-62(38-66(107)108)79(117)93-60(77(115)94-61)35-48-17-10-7-11-18-48/h7-15,17-22,24-31,43-46,57-63,70H,16,23,32-42H2,1-6H3,(H2,83,111)(H,87,113)(H,88,103)(H,89,104)(H,90,112)(H,91,116)(H,92,118)(H,93,117)(H,94,115)(H,95,119)(H,96,114)(H,105,106)(H,107,108)(H,109,110)(H4,84,85,86)/t46-,57+,58-,59-,60-,61+,62+,63-,70?/m1/s1. The number of hydrogen-bond donors (Lipinski definition) is 17. The molecule has 2 aliphatic rings. The summed E-state index contributed by atoms with van der Waals surface area (Å²) < 4.78 is 3.09. The number of primary amides is 1. The maximum Gasteiger partial charge on any atom is 0.305 e. The van der Waals surface area contributed by atoms with E-state index in [9.17, 15) is 82.4 Å². The van der Waals surface area contributed by atoms with Gasteiger partial charge in [0.15, 0.2) is 5.96 Å². The number of nitrogens with zero attached hydrogens (tertiary/aromatic N) is 6. The van der Waals surface area contributed by atoms with Gasteiger partial charge in [0.25, 0.3) is 0 Å². The molecule has 2 aliphatic heterocycles. The van der Waals surface area contributed by atoms with Crippen molar-refractivity contribution in [3.8, 4) is 0 Å². The molecular formula is C82H98N20O17Si. The Balaban J connectivity index is 0.921. The zero-order chi connectivity index (χ0) is 87.1. The van der Waals surface area contributed by atoms with Crippen molar-refractivity contribution in [1.29, 1.82) is 5.41 Å². The lowest BCUT2D eigenvalue weighted by Crippen LogP contribution is -2.60. The molecule has 4 heterocycles. The summed E-state index contributed by atoms with van der Waals surface area (Å²) in [6, 6.07) is 31.7. The molecule has 5 aromatic carbocycles. The second-order valence-corrected chi connectivity index (χ2v) is 34.3. The number of nitrogens with two attached hydrogens (primary N) is 2. The molecule has 632 valence electrons. The number of aromatic nitrogens is 6. The Morgan fingerprint density at radius 1 is 0.533 bits per heavy atom. The number of benzene rings is 5. The Morgan fingerprint density at radius 2 is 1.02 bits per heavy atom. The van der Waals surface area contributed by atoms with E-state index in [0.29, 0.717) is 5.56 Å². The highest BCUT2D eigenvalue weighted by molar-refractivity contribution is 7.13. The molecule has 11 amide bonds. The molecule has 0 aliphatic carbocycles. The molecule has 19 N–H and O–H groups in total. The second kappa shape index (κ2) is 41.7. The van der Waals surface area contributed by atoms with Crippen LogP contribution in [0.4, 0.5) is 0 Å². The van der Waals surface area contributed by atoms with Crippen molar-refractivity contribution in [2.24, 2.45) is 17.4 Å². The van der Waals surface area contributed by atoms with Crippen LogP contribution >= 0.6 is 0 Å². The predicted octanol–water partition coefficient (Wildman–Crippen LogP) is 0.368. The monoisotopic (exact) mass is 1660 g/mol. The lowest BCUT2D eigenvalue weighted by atomic mass is 9.89. The molecule has 0 radical (unpaired) electrons. The molecule has 9 rings (SSSR count). The van der Waals surface area contributed by atoms with Crippen LogP contribution in [-0.4, -0.2) is 210 Å². The minimum Gasteiger partial charge on any atom is -0.481 e. The molecule has 37 nitrogen and oxygen atoms in total. The Bertz CT molecular complexity index is 5020. The van der Waals surface area contributed by atoms with Crippen LogP contribution < -0.4 is 70.0 Å². The van der Waals surface area contributed by atoms with Crippen molar-refractivity contribution in [1.82, 2.24) is 88.5 Å². The lowest BCUT2D eigenvalue weighted by Gasteiger charge is -2.27. The zero-order valence-electron chi connectivity index (χ0n) is 66.8. The van der Waals surface area contributed by atoms with Gasteiger partial charge in [-0.2, -0.15) is 0 Å². The van der Waals surface area contributed by atoms with E-state index >= 15 is 0 Å². The number of amides is 11. The first-order chi connectivity index (χ1) is 57.1. The zero-order valence-corrected chi connectivity index (χ0v) is 67.8. The van der Waals surface area contributed by atoms with Gasteiger partial charge in [0.2, 0.25) is 65.0 Å². The molecule has 9 atom stereocenters. The molecule has 0 bridgehead atoms. The van der Waals surface area contributed by atoms with Crippen molar-refractivity contribution in [2.75, 3.05) is 13.1 Å². The maximum absolute atomic E-state index is 14.6. The van der Waals surface area contributed by atoms with Crippen LogP contribution in [0.5, 0.6) is 0 Å². The van der Waals surface area contributed by atoms with Crippen LogP contribution in [0.15, 0.2) is 152 Å². The number of carboxylic acid groups (broad SMARTS) is 3. The molecular weight excluding hydrogens is 1570 g/mol. The van der Waals surface area contributed by atoms with Gasteiger partial charge < -0.3 is 85.3 Å². The summed E-state index contributed by atoms with van der Waals surface area (Å²) in [5.74, 6) is -15.4. The van der Waals surface area contributed by atoms with E-state index in [2.05, 4.69) is 141 Å². The van der Waals surface area contributed by atoms with E-state index < -0.39 is 183 Å². The number of carboxylic acids is 3. The van der Waals surface area contributed by atoms with E-state index in [1.165, 1.54) is 25.5 Å². The largest absolute Gasteiger partial charge is 0.481 e. The van der Waals surface area contributed by atoms with Gasteiger partial charge in [-0.15, -0.1) is 10.2 Å². The summed E-state index contributed by atoms with van der Waals surface area (Å²) in [5.41, 5.74) is 20.0. The molecule has 1 fully saturated rings. The first-order valence-corrected chi connectivity index (χ1v) is 41.7. The van der Waals surface area contributed by atoms with Crippen molar-refractivity contribution in [3.63, 3.8) is 0 Å². The van der Waals surface area contributed by atoms with E-state index in [1.54, 1.807) is 47.4 Å². The van der Waals surface area contributed by atoms with Crippen LogP contribution in [0.1, 0.15) is 117 Å². The normalized spacial score (nSPS) is 17.6. The van der Waals surface area contributed by atoms with Crippen LogP contribution in [0, 0.1) is 11.3 Å². The van der Waals surface area contributed by atoms with E-state index in [0.717, 1.165) is 61.8 Å². The molecule has 120 heavy (non-hydrogen) atoms. The van der Waals surface area contributed by atoms with Gasteiger partial charge in [0.05, 0.1) is 43.9 Å². The minimum atomic E-state index is -2.79. The molecule has 0 spiro atoms. The smallest absolute Gasteiger partial charge is 0.305 e. The third-order valence-corrected chi connectivity index (χ3v) is 23.5. The number of nitrogens with one attached hydrogen (secondary N) is 12. The fourth-order valence-electron chi connectivity index (χ4n) is 14.1. The Morgan fingerprint density at radius 3 is 1.53 bits per heavy atom. The van der Waals surface area contributed by atoms with E-state index in [-0.39, 0.29) is 69.1 Å². The van der Waals surface area contributed by atoms with Gasteiger partial charge in [-0.25, -0.2) is 9.36 Å². The summed E-state index contributed by atoms with van der Waals surface area (Å²) in [4.78, 5) is 185. The molecule has 38 heteroatoms. The summed E-state index contributed by atoms with van der Waals surface area (Å²) in [5, 5.41) is 83.6. The van der Waals surface area contributed by atoms with Crippen molar-refractivity contribution in [3.05, 3.63) is 202 Å². The first-order valence-electron chi connectivity index (χ1n) is 38.7. The highest BCUT2D eigenvalue weighted by atomic mass is 28.3. The van der Waals surface area contributed by atoms with Crippen LogP contribution in [0.2, 0.25) is 13.1 Å². The van der Waals surface area contributed by atoms with Crippen molar-refractivity contribution >= 4 is 118 Å². The van der Waals surface area contributed by atoms with Gasteiger partial charge in [-0.05, 0) is 92.6 Å². The van der Waals surface area contributed by atoms with Gasteiger partial charge >= 0.3 is 17.9 Å². The Kier molecular flexibility index (Phi) is 31.2. The van der Waals surface area contributed by atoms with Gasteiger partial charge in [-0.3, -0.25) is 72.5 Å². The van der Waals surface area contributed by atoms with Gasteiger partial charge in [0, 0.05) is 51.5 Å². The second-order valence-electron chi connectivity index (χ2n) is 30.0. The summed E-state index contributed by atoms with van der Waals surface area (Å²) in [6.45, 7) is 9.98. The SMILES string of the molecule is CC(=O)N[C@H](C)C(=O)N[C@H](CCC(=O)O)C(=O)NC(C(=O)N[C@H](CC(=O)O)C(=O)N[C@H](Cc1cn(Cc2ccc(C3=C(c4ccccc4)C(c4ccccc4)=C(c4ccc(Cn5cc(C[C@@H]6NC(=O)[C@@H](Cc7ccccc7)NC(=O)[C@H](CC(=O)O)NC(=O)CNC(=O)[C@H](CCCNC(=N)N)NC6=O)nn5)cc4)[Si]3(C)C)cc2)nn1)C(N)=O)C(C)C. The molecule has 1 unspecified atom stereocenters. The highest BCUT2D eigenvalue weighted by Crippen LogP contribution is 2.55. The van der Waals surface area contributed by atoms with Crippen LogP contribution in [-0.2, 0) is 99.5 Å². The Hall–Kier alpha value is -14.1. The van der Waals surface area contributed by atoms with Crippen LogP contribution in [0.25, 0.3) is 21.5 Å². The lowest BCUT2D eigenvalue weighted by molar-refractivity contribution is -0.142. The average Bonchev–Trinajstić information content (AvgIpc) is 1.56. The third-order valence-electron chi connectivity index (χ3n) is 19.9. The molecule has 0 saturated carbocycles. The number of hydrogen-bond acceptors (Lipinski definition) is 19. The fourth-order valence-corrected chi connectivity index (χ4v) is 17.9. The summed E-state index contributed by atoms with van der Waals surface area (Å²) in [6.07, 6.45) is -0.264. The average molecular weight is 1660 g/mol. The van der Waals surface area contributed by atoms with Crippen molar-refractivity contribution in [2.45, 2.75) is 166 Å². The molecule has 7 aromatic rings. The molecule has 1 saturated heterocycles. The number of carbonyl (C=O) groups is 14. The number of carbonyl (C=O) groups excluding carboxylic acids is 11. The highest BCUT2D eigenvalue weighted by Gasteiger charge is 2.45. The van der Waals surface area contributed by atoms with Gasteiger partial charge in [-0.1, -0.05) is 177 Å². The van der Waals surface area contributed by atoms with E-state index in [1.807, 2.05) is 60.7 Å². The number of guanidine groups is 1.